The molecule has 1 aliphatic carbocycles. The van der Waals surface area contributed by atoms with Crippen molar-refractivity contribution >= 4 is 0 Å². The van der Waals surface area contributed by atoms with Gasteiger partial charge in [0.15, 0.2) is 17.4 Å². The van der Waals surface area contributed by atoms with Gasteiger partial charge in [0, 0.05) is 6.42 Å². The SMILES string of the molecule is [CH2+][CH-]CCc1ccc(-c2cc(F)c(OCCCOC3CCC(c4ccc(OCCCCC)cc4)CC3)c(F)c2)cc1. The zero-order valence-electron chi connectivity index (χ0n) is 24.4. The Hall–Kier alpha value is -3.05. The fraction of sp³-hybridized carbons (Fsp3) is 0.444. The van der Waals surface area contributed by atoms with Gasteiger partial charge in [-0.15, -0.1) is 12.8 Å². The molecule has 4 rings (SSSR count). The molecule has 0 N–H and O–H groups in total. The van der Waals surface area contributed by atoms with E-state index in [1.165, 1.54) is 36.1 Å². The van der Waals surface area contributed by atoms with E-state index in [1.54, 1.807) is 0 Å². The van der Waals surface area contributed by atoms with Gasteiger partial charge in [0.25, 0.3) is 0 Å². The van der Waals surface area contributed by atoms with E-state index in [0.717, 1.165) is 62.9 Å². The van der Waals surface area contributed by atoms with Crippen LogP contribution >= 0.6 is 0 Å². The van der Waals surface area contributed by atoms with E-state index in [0.29, 0.717) is 24.5 Å². The van der Waals surface area contributed by atoms with E-state index in [9.17, 15) is 8.78 Å². The molecule has 0 bridgehead atoms. The van der Waals surface area contributed by atoms with E-state index in [-0.39, 0.29) is 18.5 Å². The molecule has 3 aromatic rings. The second kappa shape index (κ2) is 16.4. The summed E-state index contributed by atoms with van der Waals surface area (Å²) in [6.45, 7) is 7.43. The van der Waals surface area contributed by atoms with Gasteiger partial charge in [-0.25, -0.2) is 8.78 Å². The first-order valence-electron chi connectivity index (χ1n) is 15.2. The van der Waals surface area contributed by atoms with Gasteiger partial charge in [-0.3, -0.25) is 0 Å². The number of benzene rings is 3. The Bertz CT molecular complexity index is 1150. The molecule has 0 unspecified atom stereocenters. The summed E-state index contributed by atoms with van der Waals surface area (Å²) in [5, 5.41) is 0. The molecular formula is C36H44F2O3. The lowest BCUT2D eigenvalue weighted by atomic mass is 9.83. The largest absolute Gasteiger partial charge is 0.494 e. The second-order valence-corrected chi connectivity index (χ2v) is 11.0. The van der Waals surface area contributed by atoms with E-state index >= 15 is 0 Å². The van der Waals surface area contributed by atoms with Crippen molar-refractivity contribution in [1.82, 2.24) is 0 Å². The van der Waals surface area contributed by atoms with Gasteiger partial charge in [-0.2, -0.15) is 0 Å². The Kier molecular flexibility index (Phi) is 12.4. The third-order valence-corrected chi connectivity index (χ3v) is 7.85. The Morgan fingerprint density at radius 1 is 0.780 bits per heavy atom. The fourth-order valence-electron chi connectivity index (χ4n) is 5.42. The average Bonchev–Trinajstić information content (AvgIpc) is 3.00. The summed E-state index contributed by atoms with van der Waals surface area (Å²) in [5.74, 6) is -0.201. The predicted molar refractivity (Wildman–Crippen MR) is 162 cm³/mol. The van der Waals surface area contributed by atoms with Crippen molar-refractivity contribution in [3.8, 4) is 22.6 Å². The molecule has 0 spiro atoms. The lowest BCUT2D eigenvalue weighted by Gasteiger charge is -2.29. The summed E-state index contributed by atoms with van der Waals surface area (Å²) < 4.78 is 46.8. The van der Waals surface area contributed by atoms with E-state index in [2.05, 4.69) is 38.1 Å². The van der Waals surface area contributed by atoms with Crippen molar-refractivity contribution in [3.63, 3.8) is 0 Å². The van der Waals surface area contributed by atoms with Crippen LogP contribution in [-0.2, 0) is 11.2 Å². The topological polar surface area (TPSA) is 27.7 Å². The number of rotatable bonds is 16. The maximum absolute atomic E-state index is 14.7. The van der Waals surface area contributed by atoms with Gasteiger partial charge in [-0.05, 0) is 79.0 Å². The number of ether oxygens (including phenoxy) is 3. The minimum atomic E-state index is -0.689. The predicted octanol–water partition coefficient (Wildman–Crippen LogP) is 9.68. The van der Waals surface area contributed by atoms with Crippen LogP contribution in [0.4, 0.5) is 8.78 Å². The van der Waals surface area contributed by atoms with Crippen LogP contribution in [0.1, 0.15) is 81.8 Å². The van der Waals surface area contributed by atoms with Crippen molar-refractivity contribution in [1.29, 1.82) is 0 Å². The van der Waals surface area contributed by atoms with Crippen LogP contribution in [0.5, 0.6) is 11.5 Å². The van der Waals surface area contributed by atoms with Gasteiger partial charge in [-0.1, -0.05) is 75.1 Å². The van der Waals surface area contributed by atoms with Gasteiger partial charge >= 0.3 is 0 Å². The third kappa shape index (κ3) is 9.49. The lowest BCUT2D eigenvalue weighted by Crippen LogP contribution is -2.22. The summed E-state index contributed by atoms with van der Waals surface area (Å²) in [4.78, 5) is 0. The molecular weight excluding hydrogens is 518 g/mol. The van der Waals surface area contributed by atoms with Gasteiger partial charge < -0.3 is 14.2 Å². The summed E-state index contributed by atoms with van der Waals surface area (Å²) in [6.07, 6.45) is 12.2. The molecule has 0 amide bonds. The second-order valence-electron chi connectivity index (χ2n) is 11.0. The first kappa shape index (κ1) is 30.9. The Balaban J connectivity index is 1.15. The van der Waals surface area contributed by atoms with Crippen LogP contribution in [-0.4, -0.2) is 25.9 Å². The molecule has 0 aliphatic heterocycles. The number of halogens is 2. The first-order chi connectivity index (χ1) is 20.1. The molecule has 0 atom stereocenters. The highest BCUT2D eigenvalue weighted by molar-refractivity contribution is 5.65. The quantitative estimate of drug-likeness (QED) is 0.128. The van der Waals surface area contributed by atoms with E-state index < -0.39 is 11.6 Å². The van der Waals surface area contributed by atoms with E-state index in [4.69, 9.17) is 14.2 Å². The summed E-state index contributed by atoms with van der Waals surface area (Å²) >= 11 is 0. The minimum absolute atomic E-state index is 0.202. The lowest BCUT2D eigenvalue weighted by molar-refractivity contribution is 0.0188. The van der Waals surface area contributed by atoms with E-state index in [1.807, 2.05) is 30.7 Å². The fourth-order valence-corrected chi connectivity index (χ4v) is 5.42. The Morgan fingerprint density at radius 3 is 2.12 bits per heavy atom. The molecule has 0 aromatic heterocycles. The molecule has 1 fully saturated rings. The highest BCUT2D eigenvalue weighted by Crippen LogP contribution is 2.35. The molecule has 0 radical (unpaired) electrons. The highest BCUT2D eigenvalue weighted by atomic mass is 19.1. The number of unbranched alkanes of at least 4 members (excludes halogenated alkanes) is 3. The first-order valence-corrected chi connectivity index (χ1v) is 15.2. The van der Waals surface area contributed by atoms with Crippen molar-refractivity contribution in [2.24, 2.45) is 0 Å². The molecule has 0 saturated heterocycles. The summed E-state index contributed by atoms with van der Waals surface area (Å²) in [5.41, 5.74) is 3.80. The van der Waals surface area contributed by atoms with Crippen molar-refractivity contribution < 1.29 is 23.0 Å². The number of aryl methyl sites for hydroxylation is 1. The van der Waals surface area contributed by atoms with Gasteiger partial charge in [0.2, 0.25) is 0 Å². The standard InChI is InChI=1S/C36H44F2O3/c1-3-5-7-22-39-32-18-14-28(15-19-32)29-16-20-33(21-17-29)40-23-8-24-41-36-34(37)25-31(26-35(36)38)30-12-10-27(11-13-30)9-6-4-2/h4,10-15,18-19,25-26,29,33H,2-3,5-9,16-17,20-24H2,1H3. The van der Waals surface area contributed by atoms with Crippen LogP contribution in [0.2, 0.25) is 0 Å². The van der Waals surface area contributed by atoms with Crippen molar-refractivity contribution in [2.45, 2.75) is 83.2 Å². The average molecular weight is 563 g/mol. The third-order valence-electron chi connectivity index (χ3n) is 7.85. The molecule has 3 nitrogen and oxygen atoms in total. The Morgan fingerprint density at radius 2 is 1.46 bits per heavy atom. The number of hydrogen-bond acceptors (Lipinski definition) is 3. The summed E-state index contributed by atoms with van der Waals surface area (Å²) in [6, 6.07) is 19.0. The molecule has 3 aromatic carbocycles. The zero-order chi connectivity index (χ0) is 28.9. The monoisotopic (exact) mass is 562 g/mol. The molecule has 220 valence electrons. The maximum Gasteiger partial charge on any atom is 0.190 e. The van der Waals surface area contributed by atoms with Crippen LogP contribution < -0.4 is 9.47 Å². The molecule has 1 aliphatic rings. The minimum Gasteiger partial charge on any atom is -0.494 e. The van der Waals surface area contributed by atoms with Crippen molar-refractivity contribution in [2.75, 3.05) is 19.8 Å². The summed E-state index contributed by atoms with van der Waals surface area (Å²) in [7, 11) is 0. The normalized spacial score (nSPS) is 17.0. The highest BCUT2D eigenvalue weighted by Gasteiger charge is 2.23. The van der Waals surface area contributed by atoms with Crippen LogP contribution in [0.15, 0.2) is 60.7 Å². The van der Waals surface area contributed by atoms with Crippen molar-refractivity contribution in [3.05, 3.63) is 96.8 Å². The smallest absolute Gasteiger partial charge is 0.190 e. The van der Waals surface area contributed by atoms with Gasteiger partial charge in [0.1, 0.15) is 5.75 Å². The molecule has 1 saturated carbocycles. The number of hydrogen-bond donors (Lipinski definition) is 0. The molecule has 0 heterocycles. The van der Waals surface area contributed by atoms with Crippen LogP contribution in [0, 0.1) is 25.0 Å². The van der Waals surface area contributed by atoms with Crippen LogP contribution in [0.25, 0.3) is 11.1 Å². The maximum atomic E-state index is 14.7. The molecule has 5 heteroatoms. The Labute approximate surface area is 245 Å². The zero-order valence-corrected chi connectivity index (χ0v) is 24.4. The van der Waals surface area contributed by atoms with Gasteiger partial charge in [0.05, 0.1) is 25.9 Å². The van der Waals surface area contributed by atoms with Crippen LogP contribution in [0.3, 0.4) is 0 Å². The molecule has 41 heavy (non-hydrogen) atoms.